The second-order valence-corrected chi connectivity index (χ2v) is 6.38. The first kappa shape index (κ1) is 18.5. The van der Waals surface area contributed by atoms with Gasteiger partial charge in [-0.3, -0.25) is 10.1 Å². The third-order valence-corrected chi connectivity index (χ3v) is 4.41. The third-order valence-electron chi connectivity index (χ3n) is 4.19. The maximum atomic E-state index is 11.1. The fourth-order valence-electron chi connectivity index (χ4n) is 2.74. The highest BCUT2D eigenvalue weighted by Crippen LogP contribution is 2.41. The minimum Gasteiger partial charge on any atom is -0.505 e. The standard InChI is InChI=1S/C20H16ClN3O3/c1-13(14-7-3-2-4-8-14)16-11-15(21)12-18(20(16)25)23-22-17-9-5-6-10-19(17)24(26)27/h2-13,25H,1H3. The number of phenolic OH excluding ortho intramolecular Hbond substituents is 1. The summed E-state index contributed by atoms with van der Waals surface area (Å²) in [6.07, 6.45) is 0. The van der Waals surface area contributed by atoms with Crippen LogP contribution in [0.3, 0.4) is 0 Å². The molecular formula is C20H16ClN3O3. The number of halogens is 1. The Morgan fingerprint density at radius 3 is 2.33 bits per heavy atom. The van der Waals surface area contributed by atoms with Gasteiger partial charge in [0.15, 0.2) is 5.69 Å². The molecule has 0 bridgehead atoms. The highest BCUT2D eigenvalue weighted by molar-refractivity contribution is 6.31. The summed E-state index contributed by atoms with van der Waals surface area (Å²) in [6.45, 7) is 1.95. The minimum atomic E-state index is -0.533. The summed E-state index contributed by atoms with van der Waals surface area (Å²) in [5, 5.41) is 30.1. The van der Waals surface area contributed by atoms with Crippen LogP contribution in [0.2, 0.25) is 5.02 Å². The van der Waals surface area contributed by atoms with Crippen LogP contribution < -0.4 is 0 Å². The zero-order valence-corrected chi connectivity index (χ0v) is 15.2. The van der Waals surface area contributed by atoms with Crippen molar-refractivity contribution in [2.24, 2.45) is 10.2 Å². The molecule has 3 aromatic carbocycles. The third kappa shape index (κ3) is 4.12. The van der Waals surface area contributed by atoms with E-state index in [1.54, 1.807) is 18.2 Å². The summed E-state index contributed by atoms with van der Waals surface area (Å²) in [6, 6.07) is 18.8. The van der Waals surface area contributed by atoms with Crippen LogP contribution in [0.4, 0.5) is 17.1 Å². The van der Waals surface area contributed by atoms with Crippen molar-refractivity contribution in [1.29, 1.82) is 0 Å². The highest BCUT2D eigenvalue weighted by atomic mass is 35.5. The van der Waals surface area contributed by atoms with Crippen LogP contribution in [0.5, 0.6) is 5.75 Å². The number of benzene rings is 3. The van der Waals surface area contributed by atoms with Gasteiger partial charge in [0.1, 0.15) is 11.4 Å². The van der Waals surface area contributed by atoms with Crippen molar-refractivity contribution in [3.63, 3.8) is 0 Å². The smallest absolute Gasteiger partial charge is 0.296 e. The van der Waals surface area contributed by atoms with Crippen LogP contribution in [0, 0.1) is 10.1 Å². The molecule has 0 saturated carbocycles. The van der Waals surface area contributed by atoms with Gasteiger partial charge in [-0.1, -0.05) is 61.0 Å². The molecule has 1 atom stereocenters. The Balaban J connectivity index is 2.01. The SMILES string of the molecule is CC(c1ccccc1)c1cc(Cl)cc(N=Nc2ccccc2[N+](=O)[O-])c1O. The molecule has 0 heterocycles. The Kier molecular flexibility index (Phi) is 5.47. The molecule has 6 nitrogen and oxygen atoms in total. The average Bonchev–Trinajstić information content (AvgIpc) is 2.68. The van der Waals surface area contributed by atoms with Crippen LogP contribution >= 0.6 is 11.6 Å². The van der Waals surface area contributed by atoms with Gasteiger partial charge in [0.2, 0.25) is 0 Å². The molecule has 1 N–H and O–H groups in total. The summed E-state index contributed by atoms with van der Waals surface area (Å²) in [7, 11) is 0. The molecule has 136 valence electrons. The molecule has 0 aliphatic carbocycles. The van der Waals surface area contributed by atoms with Crippen LogP contribution in [0.25, 0.3) is 0 Å². The van der Waals surface area contributed by atoms with E-state index in [4.69, 9.17) is 11.6 Å². The van der Waals surface area contributed by atoms with Gasteiger partial charge < -0.3 is 5.11 Å². The zero-order valence-electron chi connectivity index (χ0n) is 14.4. The summed E-state index contributed by atoms with van der Waals surface area (Å²) in [5.41, 5.74) is 1.69. The lowest BCUT2D eigenvalue weighted by Gasteiger charge is -2.15. The fourth-order valence-corrected chi connectivity index (χ4v) is 2.96. The monoisotopic (exact) mass is 381 g/mol. The molecule has 0 aliphatic heterocycles. The van der Waals surface area contributed by atoms with E-state index in [0.29, 0.717) is 10.6 Å². The van der Waals surface area contributed by atoms with Gasteiger partial charge in [0.05, 0.1) is 4.92 Å². The topological polar surface area (TPSA) is 88.1 Å². The number of nitro benzene ring substituents is 1. The van der Waals surface area contributed by atoms with Gasteiger partial charge in [0, 0.05) is 22.6 Å². The summed E-state index contributed by atoms with van der Waals surface area (Å²) >= 11 is 6.20. The van der Waals surface area contributed by atoms with Gasteiger partial charge >= 0.3 is 0 Å². The number of phenols is 1. The second-order valence-electron chi connectivity index (χ2n) is 5.94. The van der Waals surface area contributed by atoms with E-state index in [1.807, 2.05) is 37.3 Å². The van der Waals surface area contributed by atoms with Crippen LogP contribution in [-0.2, 0) is 0 Å². The van der Waals surface area contributed by atoms with E-state index >= 15 is 0 Å². The minimum absolute atomic E-state index is 0.0573. The number of hydrogen-bond acceptors (Lipinski definition) is 5. The number of hydrogen-bond donors (Lipinski definition) is 1. The zero-order chi connectivity index (χ0) is 19.4. The molecule has 0 amide bonds. The first-order chi connectivity index (χ1) is 13.0. The van der Waals surface area contributed by atoms with E-state index in [-0.39, 0.29) is 28.7 Å². The molecule has 27 heavy (non-hydrogen) atoms. The number of aromatic hydroxyl groups is 1. The summed E-state index contributed by atoms with van der Waals surface area (Å²) in [5.74, 6) is -0.178. The van der Waals surface area contributed by atoms with Crippen molar-refractivity contribution in [2.45, 2.75) is 12.8 Å². The number of nitrogens with zero attached hydrogens (tertiary/aromatic N) is 3. The average molecular weight is 382 g/mol. The first-order valence-corrected chi connectivity index (χ1v) is 8.57. The predicted molar refractivity (Wildman–Crippen MR) is 104 cm³/mol. The van der Waals surface area contributed by atoms with Crippen molar-refractivity contribution in [2.75, 3.05) is 0 Å². The molecule has 0 spiro atoms. The van der Waals surface area contributed by atoms with Crippen molar-refractivity contribution in [1.82, 2.24) is 0 Å². The lowest BCUT2D eigenvalue weighted by atomic mass is 9.92. The summed E-state index contributed by atoms with van der Waals surface area (Å²) in [4.78, 5) is 10.6. The van der Waals surface area contributed by atoms with Crippen molar-refractivity contribution in [3.05, 3.63) is 93.0 Å². The van der Waals surface area contributed by atoms with Gasteiger partial charge in [0.25, 0.3) is 5.69 Å². The Morgan fingerprint density at radius 2 is 1.63 bits per heavy atom. The number of azo groups is 1. The Labute approximate surface area is 160 Å². The van der Waals surface area contributed by atoms with Crippen LogP contribution in [0.15, 0.2) is 77.0 Å². The lowest BCUT2D eigenvalue weighted by Crippen LogP contribution is -1.96. The first-order valence-electron chi connectivity index (χ1n) is 8.20. The van der Waals surface area contributed by atoms with Gasteiger partial charge in [-0.25, -0.2) is 0 Å². The lowest BCUT2D eigenvalue weighted by molar-refractivity contribution is -0.384. The molecular weight excluding hydrogens is 366 g/mol. The van der Waals surface area contributed by atoms with Crippen LogP contribution in [-0.4, -0.2) is 10.0 Å². The molecule has 0 aliphatic rings. The maximum Gasteiger partial charge on any atom is 0.296 e. The highest BCUT2D eigenvalue weighted by Gasteiger charge is 2.17. The normalized spacial score (nSPS) is 12.2. The number of rotatable bonds is 5. The summed E-state index contributed by atoms with van der Waals surface area (Å²) < 4.78 is 0. The van der Waals surface area contributed by atoms with Gasteiger partial charge in [-0.2, -0.15) is 0 Å². The van der Waals surface area contributed by atoms with Crippen molar-refractivity contribution >= 4 is 28.7 Å². The van der Waals surface area contributed by atoms with Gasteiger partial charge in [-0.05, 0) is 23.8 Å². The van der Waals surface area contributed by atoms with E-state index in [2.05, 4.69) is 10.2 Å². The largest absolute Gasteiger partial charge is 0.505 e. The predicted octanol–water partition coefficient (Wildman–Crippen LogP) is 6.52. The van der Waals surface area contributed by atoms with E-state index in [0.717, 1.165) is 5.56 Å². The number of nitro groups is 1. The van der Waals surface area contributed by atoms with E-state index in [9.17, 15) is 15.2 Å². The molecule has 0 radical (unpaired) electrons. The molecule has 3 aromatic rings. The van der Waals surface area contributed by atoms with Crippen molar-refractivity contribution < 1.29 is 10.0 Å². The quantitative estimate of drug-likeness (QED) is 0.310. The Morgan fingerprint density at radius 1 is 1.00 bits per heavy atom. The molecule has 3 rings (SSSR count). The van der Waals surface area contributed by atoms with Crippen LogP contribution in [0.1, 0.15) is 24.0 Å². The Hall–Kier alpha value is -3.25. The molecule has 7 heteroatoms. The van der Waals surface area contributed by atoms with E-state index < -0.39 is 4.92 Å². The fraction of sp³-hybridized carbons (Fsp3) is 0.100. The number of para-hydroxylation sites is 1. The molecule has 0 fully saturated rings. The molecule has 1 unspecified atom stereocenters. The van der Waals surface area contributed by atoms with E-state index in [1.165, 1.54) is 18.2 Å². The maximum absolute atomic E-state index is 11.1. The molecule has 0 aromatic heterocycles. The van der Waals surface area contributed by atoms with Gasteiger partial charge in [-0.15, -0.1) is 10.2 Å². The van der Waals surface area contributed by atoms with Crippen molar-refractivity contribution in [3.8, 4) is 5.75 Å². The molecule has 0 saturated heterocycles. The second kappa shape index (κ2) is 7.97. The Bertz CT molecular complexity index is 1010.